The fourth-order valence-electron chi connectivity index (χ4n) is 2.70. The molecule has 18 heavy (non-hydrogen) atoms. The minimum Gasteiger partial charge on any atom is -0.489 e. The molecule has 2 rings (SSSR count). The summed E-state index contributed by atoms with van der Waals surface area (Å²) in [7, 11) is 0. The van der Waals surface area contributed by atoms with Crippen LogP contribution in [0.4, 0.5) is 0 Å². The zero-order chi connectivity index (χ0) is 13.1. The van der Waals surface area contributed by atoms with Crippen molar-refractivity contribution in [2.45, 2.75) is 46.1 Å². The molecule has 0 N–H and O–H groups in total. The lowest BCUT2D eigenvalue weighted by atomic mass is 9.81. The third-order valence-corrected chi connectivity index (χ3v) is 3.83. The van der Waals surface area contributed by atoms with E-state index in [2.05, 4.69) is 39.0 Å². The molecule has 0 aromatic heterocycles. The van der Waals surface area contributed by atoms with Gasteiger partial charge in [0.15, 0.2) is 0 Å². The van der Waals surface area contributed by atoms with Crippen LogP contribution in [-0.4, -0.2) is 6.10 Å². The second kappa shape index (κ2) is 5.44. The average Bonchev–Trinajstić information content (AvgIpc) is 2.33. The Bertz CT molecular complexity index is 461. The average molecular weight is 243 g/mol. The highest BCUT2D eigenvalue weighted by atomic mass is 16.5. The summed E-state index contributed by atoms with van der Waals surface area (Å²) in [6.07, 6.45) is 3.16. The molecular formula is C16H21NO. The summed E-state index contributed by atoms with van der Waals surface area (Å²) in [5, 5.41) is 9.21. The Morgan fingerprint density at radius 2 is 2.06 bits per heavy atom. The fraction of sp³-hybridized carbons (Fsp3) is 0.562. The highest BCUT2D eigenvalue weighted by Crippen LogP contribution is 2.32. The maximum atomic E-state index is 9.21. The van der Waals surface area contributed by atoms with Crippen LogP contribution in [0, 0.1) is 37.0 Å². The lowest BCUT2D eigenvalue weighted by Crippen LogP contribution is -2.32. The van der Waals surface area contributed by atoms with Crippen molar-refractivity contribution >= 4 is 0 Å². The van der Waals surface area contributed by atoms with Crippen LogP contribution in [0.5, 0.6) is 5.75 Å². The number of hydrogen-bond donors (Lipinski definition) is 0. The van der Waals surface area contributed by atoms with Crippen LogP contribution in [0.25, 0.3) is 0 Å². The van der Waals surface area contributed by atoms with Gasteiger partial charge in [-0.05, 0) is 50.7 Å². The molecule has 0 spiro atoms. The lowest BCUT2D eigenvalue weighted by Gasteiger charge is -2.31. The number of ether oxygens (including phenoxy) is 1. The van der Waals surface area contributed by atoms with Crippen LogP contribution in [0.15, 0.2) is 18.2 Å². The van der Waals surface area contributed by atoms with E-state index in [9.17, 15) is 5.26 Å². The molecule has 1 aliphatic carbocycles. The predicted molar refractivity (Wildman–Crippen MR) is 72.5 cm³/mol. The van der Waals surface area contributed by atoms with Crippen molar-refractivity contribution < 1.29 is 4.74 Å². The standard InChI is InChI=1S/C16H21NO/c1-11-5-7-15(13(3)8-11)18-16-9-12(2)4-6-14(16)10-17/h5,7-8,12,14,16H,4,6,9H2,1-3H3. The molecule has 1 aromatic carbocycles. The largest absolute Gasteiger partial charge is 0.489 e. The second-order valence-corrected chi connectivity index (χ2v) is 5.58. The van der Waals surface area contributed by atoms with Gasteiger partial charge in [0.1, 0.15) is 11.9 Å². The highest BCUT2D eigenvalue weighted by Gasteiger charge is 2.30. The van der Waals surface area contributed by atoms with Gasteiger partial charge < -0.3 is 4.74 Å². The quantitative estimate of drug-likeness (QED) is 0.786. The van der Waals surface area contributed by atoms with Crippen LogP contribution in [0.2, 0.25) is 0 Å². The molecule has 1 fully saturated rings. The topological polar surface area (TPSA) is 33.0 Å². The number of nitrogens with zero attached hydrogens (tertiary/aromatic N) is 1. The Kier molecular flexibility index (Phi) is 3.91. The van der Waals surface area contributed by atoms with E-state index >= 15 is 0 Å². The van der Waals surface area contributed by atoms with Crippen LogP contribution in [-0.2, 0) is 0 Å². The van der Waals surface area contributed by atoms with Gasteiger partial charge in [-0.2, -0.15) is 5.26 Å². The Morgan fingerprint density at radius 1 is 1.28 bits per heavy atom. The van der Waals surface area contributed by atoms with E-state index in [0.29, 0.717) is 5.92 Å². The van der Waals surface area contributed by atoms with Crippen molar-refractivity contribution in [2.24, 2.45) is 11.8 Å². The van der Waals surface area contributed by atoms with E-state index in [-0.39, 0.29) is 12.0 Å². The first-order valence-corrected chi connectivity index (χ1v) is 6.73. The molecule has 2 heteroatoms. The molecule has 0 heterocycles. The molecule has 2 nitrogen and oxygen atoms in total. The van der Waals surface area contributed by atoms with E-state index in [4.69, 9.17) is 4.74 Å². The van der Waals surface area contributed by atoms with Crippen molar-refractivity contribution in [1.82, 2.24) is 0 Å². The van der Waals surface area contributed by atoms with Crippen LogP contribution in [0.3, 0.4) is 0 Å². The van der Waals surface area contributed by atoms with Crippen LogP contribution < -0.4 is 4.74 Å². The predicted octanol–water partition coefficient (Wildman–Crippen LogP) is 4.01. The summed E-state index contributed by atoms with van der Waals surface area (Å²) < 4.78 is 6.09. The molecule has 1 aromatic rings. The zero-order valence-electron chi connectivity index (χ0n) is 11.4. The summed E-state index contributed by atoms with van der Waals surface area (Å²) in [5.74, 6) is 1.63. The molecule has 3 atom stereocenters. The van der Waals surface area contributed by atoms with Crippen LogP contribution in [0.1, 0.15) is 37.3 Å². The maximum absolute atomic E-state index is 9.21. The van der Waals surface area contributed by atoms with E-state index in [1.54, 1.807) is 0 Å². The van der Waals surface area contributed by atoms with E-state index in [1.807, 2.05) is 6.07 Å². The summed E-state index contributed by atoms with van der Waals surface area (Å²) in [6, 6.07) is 8.62. The van der Waals surface area contributed by atoms with E-state index < -0.39 is 0 Å². The van der Waals surface area contributed by atoms with Gasteiger partial charge in [0.05, 0.1) is 12.0 Å². The molecule has 0 amide bonds. The SMILES string of the molecule is Cc1ccc(OC2CC(C)CCC2C#N)c(C)c1. The summed E-state index contributed by atoms with van der Waals surface area (Å²) >= 11 is 0. The monoisotopic (exact) mass is 243 g/mol. The number of benzene rings is 1. The first-order valence-electron chi connectivity index (χ1n) is 6.73. The number of aryl methyl sites for hydroxylation is 2. The van der Waals surface area contributed by atoms with Crippen molar-refractivity contribution in [3.05, 3.63) is 29.3 Å². The molecule has 1 saturated carbocycles. The minimum atomic E-state index is 0.0434. The minimum absolute atomic E-state index is 0.0434. The normalized spacial score (nSPS) is 27.6. The molecule has 0 bridgehead atoms. The summed E-state index contributed by atoms with van der Waals surface area (Å²) in [4.78, 5) is 0. The molecule has 0 radical (unpaired) electrons. The Hall–Kier alpha value is -1.49. The van der Waals surface area contributed by atoms with Gasteiger partial charge in [0.2, 0.25) is 0 Å². The second-order valence-electron chi connectivity index (χ2n) is 5.58. The van der Waals surface area contributed by atoms with E-state index in [0.717, 1.165) is 30.6 Å². The summed E-state index contributed by atoms with van der Waals surface area (Å²) in [6.45, 7) is 6.39. The van der Waals surface area contributed by atoms with Gasteiger partial charge >= 0.3 is 0 Å². The van der Waals surface area contributed by atoms with Gasteiger partial charge in [-0.25, -0.2) is 0 Å². The first-order chi connectivity index (χ1) is 8.60. The van der Waals surface area contributed by atoms with Gasteiger partial charge in [0.25, 0.3) is 0 Å². The van der Waals surface area contributed by atoms with Crippen LogP contribution >= 0.6 is 0 Å². The molecule has 3 unspecified atom stereocenters. The third-order valence-electron chi connectivity index (χ3n) is 3.83. The Morgan fingerprint density at radius 3 is 2.72 bits per heavy atom. The van der Waals surface area contributed by atoms with Crippen molar-refractivity contribution in [1.29, 1.82) is 5.26 Å². The maximum Gasteiger partial charge on any atom is 0.122 e. The number of nitriles is 1. The lowest BCUT2D eigenvalue weighted by molar-refractivity contribution is 0.0949. The van der Waals surface area contributed by atoms with E-state index in [1.165, 1.54) is 5.56 Å². The highest BCUT2D eigenvalue weighted by molar-refractivity contribution is 5.36. The van der Waals surface area contributed by atoms with Crippen molar-refractivity contribution in [3.63, 3.8) is 0 Å². The smallest absolute Gasteiger partial charge is 0.122 e. The van der Waals surface area contributed by atoms with Gasteiger partial charge in [-0.1, -0.05) is 24.6 Å². The van der Waals surface area contributed by atoms with Gasteiger partial charge in [-0.3, -0.25) is 0 Å². The number of rotatable bonds is 2. The molecule has 1 aliphatic rings. The van der Waals surface area contributed by atoms with Crippen molar-refractivity contribution in [2.75, 3.05) is 0 Å². The first kappa shape index (κ1) is 13.0. The molecule has 96 valence electrons. The third kappa shape index (κ3) is 2.85. The Balaban J connectivity index is 2.13. The summed E-state index contributed by atoms with van der Waals surface area (Å²) in [5.41, 5.74) is 2.40. The van der Waals surface area contributed by atoms with Crippen molar-refractivity contribution in [3.8, 4) is 11.8 Å². The molecular weight excluding hydrogens is 222 g/mol. The Labute approximate surface area is 110 Å². The molecule has 0 aliphatic heterocycles. The van der Waals surface area contributed by atoms with Gasteiger partial charge in [0, 0.05) is 0 Å². The zero-order valence-corrected chi connectivity index (χ0v) is 11.4. The number of hydrogen-bond acceptors (Lipinski definition) is 2. The molecule has 0 saturated heterocycles. The fourth-order valence-corrected chi connectivity index (χ4v) is 2.70. The van der Waals surface area contributed by atoms with Gasteiger partial charge in [-0.15, -0.1) is 0 Å².